The van der Waals surface area contributed by atoms with Gasteiger partial charge in [-0.2, -0.15) is 0 Å². The first kappa shape index (κ1) is 20.7. The monoisotopic (exact) mass is 347 g/mol. The van der Waals surface area contributed by atoms with Gasteiger partial charge in [0.15, 0.2) is 0 Å². The molecular formula is C19H29N3O3. The lowest BCUT2D eigenvalue weighted by Gasteiger charge is -2.18. The summed E-state index contributed by atoms with van der Waals surface area (Å²) >= 11 is 0. The summed E-state index contributed by atoms with van der Waals surface area (Å²) in [7, 11) is 1.74. The zero-order chi connectivity index (χ0) is 18.9. The quantitative estimate of drug-likeness (QED) is 0.751. The van der Waals surface area contributed by atoms with Crippen molar-refractivity contribution in [3.05, 3.63) is 35.9 Å². The van der Waals surface area contributed by atoms with Crippen LogP contribution in [0.2, 0.25) is 0 Å². The highest BCUT2D eigenvalue weighted by Crippen LogP contribution is 2.17. The highest BCUT2D eigenvalue weighted by Gasteiger charge is 2.16. The molecule has 138 valence electrons. The van der Waals surface area contributed by atoms with E-state index in [2.05, 4.69) is 10.6 Å². The van der Waals surface area contributed by atoms with Crippen molar-refractivity contribution in [2.45, 2.75) is 40.2 Å². The fourth-order valence-corrected chi connectivity index (χ4v) is 2.23. The standard InChI is InChI=1S/C19H29N3O3/c1-19(2,3)12-16(23)21-13-17(24)20-11-10-18(25)22(4)14-15-8-6-5-7-9-15/h5-9H,10-14H2,1-4H3,(H,20,24)(H,21,23). The zero-order valence-corrected chi connectivity index (χ0v) is 15.6. The molecule has 0 spiro atoms. The van der Waals surface area contributed by atoms with Crippen LogP contribution in [0.25, 0.3) is 0 Å². The first-order valence-corrected chi connectivity index (χ1v) is 8.48. The van der Waals surface area contributed by atoms with Crippen molar-refractivity contribution in [3.63, 3.8) is 0 Å². The van der Waals surface area contributed by atoms with Crippen LogP contribution in [0.1, 0.15) is 39.2 Å². The molecule has 0 atom stereocenters. The molecule has 1 aromatic carbocycles. The van der Waals surface area contributed by atoms with Crippen LogP contribution in [-0.2, 0) is 20.9 Å². The lowest BCUT2D eigenvalue weighted by Crippen LogP contribution is -2.39. The third kappa shape index (κ3) is 9.49. The van der Waals surface area contributed by atoms with Gasteiger partial charge in [0.25, 0.3) is 0 Å². The Morgan fingerprint density at radius 1 is 1.00 bits per heavy atom. The fourth-order valence-electron chi connectivity index (χ4n) is 2.23. The van der Waals surface area contributed by atoms with Crippen molar-refractivity contribution in [3.8, 4) is 0 Å². The second-order valence-corrected chi connectivity index (χ2v) is 7.35. The first-order chi connectivity index (χ1) is 11.7. The number of carbonyl (C=O) groups is 3. The van der Waals surface area contributed by atoms with Crippen LogP contribution in [-0.4, -0.2) is 42.8 Å². The maximum absolute atomic E-state index is 12.1. The van der Waals surface area contributed by atoms with Crippen molar-refractivity contribution in [1.82, 2.24) is 15.5 Å². The van der Waals surface area contributed by atoms with Crippen molar-refractivity contribution in [1.29, 1.82) is 0 Å². The SMILES string of the molecule is CN(Cc1ccccc1)C(=O)CCNC(=O)CNC(=O)CC(C)(C)C. The summed E-state index contributed by atoms with van der Waals surface area (Å²) in [6.45, 7) is 6.62. The van der Waals surface area contributed by atoms with Crippen LogP contribution in [0.4, 0.5) is 0 Å². The number of hydrogen-bond donors (Lipinski definition) is 2. The molecule has 3 amide bonds. The number of hydrogen-bond acceptors (Lipinski definition) is 3. The zero-order valence-electron chi connectivity index (χ0n) is 15.6. The molecule has 6 nitrogen and oxygen atoms in total. The van der Waals surface area contributed by atoms with Crippen LogP contribution < -0.4 is 10.6 Å². The van der Waals surface area contributed by atoms with Crippen LogP contribution in [0.5, 0.6) is 0 Å². The van der Waals surface area contributed by atoms with E-state index in [0.717, 1.165) is 5.56 Å². The largest absolute Gasteiger partial charge is 0.354 e. The molecule has 0 aliphatic heterocycles. The van der Waals surface area contributed by atoms with Crippen molar-refractivity contribution in [2.75, 3.05) is 20.1 Å². The number of nitrogens with zero attached hydrogens (tertiary/aromatic N) is 1. The number of nitrogens with one attached hydrogen (secondary N) is 2. The van der Waals surface area contributed by atoms with Gasteiger partial charge < -0.3 is 15.5 Å². The van der Waals surface area contributed by atoms with E-state index in [-0.39, 0.29) is 42.6 Å². The van der Waals surface area contributed by atoms with Gasteiger partial charge in [-0.05, 0) is 11.0 Å². The van der Waals surface area contributed by atoms with E-state index in [9.17, 15) is 14.4 Å². The topological polar surface area (TPSA) is 78.5 Å². The third-order valence-corrected chi connectivity index (χ3v) is 3.49. The van der Waals surface area contributed by atoms with E-state index >= 15 is 0 Å². The summed E-state index contributed by atoms with van der Waals surface area (Å²) in [6, 6.07) is 9.72. The number of rotatable bonds is 8. The molecule has 1 rings (SSSR count). The Morgan fingerprint density at radius 2 is 1.64 bits per heavy atom. The van der Waals surface area contributed by atoms with E-state index in [1.807, 2.05) is 51.1 Å². The van der Waals surface area contributed by atoms with Crippen molar-refractivity contribution < 1.29 is 14.4 Å². The maximum Gasteiger partial charge on any atom is 0.239 e. The van der Waals surface area contributed by atoms with Crippen molar-refractivity contribution in [2.24, 2.45) is 5.41 Å². The molecule has 0 saturated carbocycles. The average Bonchev–Trinajstić information content (AvgIpc) is 2.52. The summed E-state index contributed by atoms with van der Waals surface area (Å²) in [5.41, 5.74) is 0.944. The fraction of sp³-hybridized carbons (Fsp3) is 0.526. The lowest BCUT2D eigenvalue weighted by atomic mass is 9.92. The highest BCUT2D eigenvalue weighted by molar-refractivity contribution is 5.85. The summed E-state index contributed by atoms with van der Waals surface area (Å²) < 4.78 is 0. The minimum absolute atomic E-state index is 0.0408. The minimum Gasteiger partial charge on any atom is -0.354 e. The molecule has 0 fully saturated rings. The second kappa shape index (κ2) is 9.81. The Hall–Kier alpha value is -2.37. The van der Waals surface area contributed by atoms with Gasteiger partial charge in [-0.15, -0.1) is 0 Å². The predicted molar refractivity (Wildman–Crippen MR) is 97.6 cm³/mol. The molecule has 0 aliphatic rings. The number of carbonyl (C=O) groups excluding carboxylic acids is 3. The Balaban J connectivity index is 2.21. The molecule has 0 bridgehead atoms. The van der Waals surface area contributed by atoms with E-state index in [1.54, 1.807) is 11.9 Å². The molecule has 0 aliphatic carbocycles. The molecule has 6 heteroatoms. The molecule has 1 aromatic rings. The van der Waals surface area contributed by atoms with Gasteiger partial charge in [0.05, 0.1) is 6.54 Å². The molecule has 0 radical (unpaired) electrons. The Morgan fingerprint density at radius 3 is 2.24 bits per heavy atom. The summed E-state index contributed by atoms with van der Waals surface area (Å²) in [5.74, 6) is -0.483. The Labute approximate surface area is 150 Å². The summed E-state index contributed by atoms with van der Waals surface area (Å²) in [6.07, 6.45) is 0.591. The van der Waals surface area contributed by atoms with E-state index in [4.69, 9.17) is 0 Å². The first-order valence-electron chi connectivity index (χ1n) is 8.48. The second-order valence-electron chi connectivity index (χ2n) is 7.35. The van der Waals surface area contributed by atoms with Gasteiger partial charge in [0.2, 0.25) is 17.7 Å². The van der Waals surface area contributed by atoms with Gasteiger partial charge in [-0.1, -0.05) is 51.1 Å². The maximum atomic E-state index is 12.1. The predicted octanol–water partition coefficient (Wildman–Crippen LogP) is 1.70. The van der Waals surface area contributed by atoms with Gasteiger partial charge in [-0.3, -0.25) is 14.4 Å². The van der Waals surface area contributed by atoms with Gasteiger partial charge in [0.1, 0.15) is 0 Å². The van der Waals surface area contributed by atoms with E-state index < -0.39 is 0 Å². The molecule has 0 aromatic heterocycles. The van der Waals surface area contributed by atoms with Crippen LogP contribution in [0.15, 0.2) is 30.3 Å². The third-order valence-electron chi connectivity index (χ3n) is 3.49. The van der Waals surface area contributed by atoms with E-state index in [0.29, 0.717) is 13.0 Å². The number of benzene rings is 1. The van der Waals surface area contributed by atoms with Gasteiger partial charge in [-0.25, -0.2) is 0 Å². The average molecular weight is 347 g/mol. The minimum atomic E-state index is -0.291. The van der Waals surface area contributed by atoms with E-state index in [1.165, 1.54) is 0 Å². The molecule has 0 heterocycles. The van der Waals surface area contributed by atoms with Crippen LogP contribution in [0.3, 0.4) is 0 Å². The lowest BCUT2D eigenvalue weighted by molar-refractivity contribution is -0.131. The molecule has 2 N–H and O–H groups in total. The molecule has 0 unspecified atom stereocenters. The Kier molecular flexibility index (Phi) is 8.11. The smallest absolute Gasteiger partial charge is 0.239 e. The summed E-state index contributed by atoms with van der Waals surface area (Å²) in [4.78, 5) is 37.0. The Bertz CT molecular complexity index is 579. The van der Waals surface area contributed by atoms with Crippen LogP contribution in [0, 0.1) is 5.41 Å². The highest BCUT2D eigenvalue weighted by atomic mass is 16.2. The van der Waals surface area contributed by atoms with Crippen molar-refractivity contribution >= 4 is 17.7 Å². The normalized spacial score (nSPS) is 10.9. The molecule has 0 saturated heterocycles. The molecular weight excluding hydrogens is 318 g/mol. The van der Waals surface area contributed by atoms with Gasteiger partial charge in [0, 0.05) is 33.0 Å². The van der Waals surface area contributed by atoms with Gasteiger partial charge >= 0.3 is 0 Å². The molecule has 25 heavy (non-hydrogen) atoms. The summed E-state index contributed by atoms with van der Waals surface area (Å²) in [5, 5.41) is 5.24. The number of amides is 3. The van der Waals surface area contributed by atoms with Crippen LogP contribution >= 0.6 is 0 Å².